The van der Waals surface area contributed by atoms with E-state index < -0.39 is 0 Å². The number of amides is 1. The van der Waals surface area contributed by atoms with Crippen LogP contribution in [0.3, 0.4) is 0 Å². The maximum absolute atomic E-state index is 12.2. The lowest BCUT2D eigenvalue weighted by Gasteiger charge is -2.22. The molecule has 1 aromatic rings. The standard InChI is InChI=1S/C16H24N2O3/c1-3-4-9-18(2)16(19)13-5-6-15(17-12-13)21-14-7-10-20-11-8-14/h5-6,12,14H,3-4,7-11H2,1-2H3. The van der Waals surface area contributed by atoms with Gasteiger partial charge in [-0.2, -0.15) is 0 Å². The van der Waals surface area contributed by atoms with E-state index in [9.17, 15) is 4.79 Å². The molecule has 5 heteroatoms. The second-order valence-corrected chi connectivity index (χ2v) is 5.39. The first-order valence-electron chi connectivity index (χ1n) is 7.66. The third-order valence-electron chi connectivity index (χ3n) is 3.63. The Kier molecular flexibility index (Phi) is 5.99. The van der Waals surface area contributed by atoms with Crippen LogP contribution in [-0.2, 0) is 4.74 Å². The Morgan fingerprint density at radius 1 is 1.43 bits per heavy atom. The fourth-order valence-corrected chi connectivity index (χ4v) is 2.26. The van der Waals surface area contributed by atoms with E-state index in [1.54, 1.807) is 23.2 Å². The van der Waals surface area contributed by atoms with Crippen LogP contribution in [0.1, 0.15) is 43.0 Å². The number of carbonyl (C=O) groups excluding carboxylic acids is 1. The molecule has 116 valence electrons. The molecule has 2 rings (SSSR count). The van der Waals surface area contributed by atoms with E-state index in [2.05, 4.69) is 11.9 Å². The number of ether oxygens (including phenoxy) is 2. The van der Waals surface area contributed by atoms with Crippen molar-refractivity contribution in [2.24, 2.45) is 0 Å². The predicted octanol–water partition coefficient (Wildman–Crippen LogP) is 2.51. The van der Waals surface area contributed by atoms with E-state index in [1.165, 1.54) is 0 Å². The van der Waals surface area contributed by atoms with Crippen molar-refractivity contribution < 1.29 is 14.3 Å². The molecule has 0 saturated carbocycles. The Labute approximate surface area is 126 Å². The molecule has 5 nitrogen and oxygen atoms in total. The van der Waals surface area contributed by atoms with Crippen LogP contribution in [0.4, 0.5) is 0 Å². The monoisotopic (exact) mass is 292 g/mol. The first kappa shape index (κ1) is 15.8. The average Bonchev–Trinajstić information content (AvgIpc) is 2.53. The summed E-state index contributed by atoms with van der Waals surface area (Å²) in [6.07, 6.45) is 5.64. The number of rotatable bonds is 6. The van der Waals surface area contributed by atoms with Crippen LogP contribution in [0.5, 0.6) is 5.88 Å². The molecular formula is C16H24N2O3. The molecule has 1 aliphatic rings. The first-order valence-corrected chi connectivity index (χ1v) is 7.66. The lowest BCUT2D eigenvalue weighted by Crippen LogP contribution is -2.28. The molecule has 1 fully saturated rings. The molecule has 21 heavy (non-hydrogen) atoms. The highest BCUT2D eigenvalue weighted by molar-refractivity contribution is 5.93. The van der Waals surface area contributed by atoms with Crippen molar-refractivity contribution in [2.45, 2.75) is 38.7 Å². The molecule has 1 amide bonds. The fourth-order valence-electron chi connectivity index (χ4n) is 2.26. The van der Waals surface area contributed by atoms with E-state index in [4.69, 9.17) is 9.47 Å². The SMILES string of the molecule is CCCCN(C)C(=O)c1ccc(OC2CCOCC2)nc1. The van der Waals surface area contributed by atoms with Gasteiger partial charge in [-0.05, 0) is 12.5 Å². The predicted molar refractivity (Wildman–Crippen MR) is 80.6 cm³/mol. The molecule has 1 aliphatic heterocycles. The van der Waals surface area contributed by atoms with Gasteiger partial charge in [0.05, 0.1) is 18.8 Å². The minimum absolute atomic E-state index is 0.00793. The van der Waals surface area contributed by atoms with Crippen LogP contribution in [0, 0.1) is 0 Å². The number of hydrogen-bond donors (Lipinski definition) is 0. The second-order valence-electron chi connectivity index (χ2n) is 5.39. The summed E-state index contributed by atoms with van der Waals surface area (Å²) < 4.78 is 11.1. The number of nitrogens with zero attached hydrogens (tertiary/aromatic N) is 2. The van der Waals surface area contributed by atoms with Gasteiger partial charge in [0.25, 0.3) is 5.91 Å². The number of unbranched alkanes of at least 4 members (excludes halogenated alkanes) is 1. The van der Waals surface area contributed by atoms with Gasteiger partial charge in [0.15, 0.2) is 0 Å². The van der Waals surface area contributed by atoms with E-state index >= 15 is 0 Å². The third kappa shape index (κ3) is 4.70. The van der Waals surface area contributed by atoms with E-state index in [-0.39, 0.29) is 12.0 Å². The highest BCUT2D eigenvalue weighted by atomic mass is 16.5. The lowest BCUT2D eigenvalue weighted by atomic mass is 10.1. The van der Waals surface area contributed by atoms with Gasteiger partial charge in [-0.25, -0.2) is 4.98 Å². The molecule has 0 N–H and O–H groups in total. The lowest BCUT2D eigenvalue weighted by molar-refractivity contribution is 0.0237. The van der Waals surface area contributed by atoms with Crippen molar-refractivity contribution in [3.05, 3.63) is 23.9 Å². The smallest absolute Gasteiger partial charge is 0.255 e. The highest BCUT2D eigenvalue weighted by Gasteiger charge is 2.16. The summed E-state index contributed by atoms with van der Waals surface area (Å²) in [5, 5.41) is 0. The van der Waals surface area contributed by atoms with E-state index in [1.807, 2.05) is 7.05 Å². The summed E-state index contributed by atoms with van der Waals surface area (Å²) in [7, 11) is 1.82. The van der Waals surface area contributed by atoms with E-state index in [0.29, 0.717) is 11.4 Å². The Morgan fingerprint density at radius 3 is 2.81 bits per heavy atom. The van der Waals surface area contributed by atoms with Crippen molar-refractivity contribution in [2.75, 3.05) is 26.8 Å². The van der Waals surface area contributed by atoms with Crippen LogP contribution in [0.25, 0.3) is 0 Å². The maximum atomic E-state index is 12.2. The summed E-state index contributed by atoms with van der Waals surface area (Å²) in [6, 6.07) is 3.56. The minimum atomic E-state index is 0.00793. The molecule has 0 atom stereocenters. The quantitative estimate of drug-likeness (QED) is 0.808. The third-order valence-corrected chi connectivity index (χ3v) is 3.63. The summed E-state index contributed by atoms with van der Waals surface area (Å²) in [5.41, 5.74) is 0.605. The second kappa shape index (κ2) is 7.98. The summed E-state index contributed by atoms with van der Waals surface area (Å²) in [5.74, 6) is 0.586. The number of hydrogen-bond acceptors (Lipinski definition) is 4. The van der Waals surface area contributed by atoms with Crippen molar-refractivity contribution in [1.82, 2.24) is 9.88 Å². The first-order chi connectivity index (χ1) is 10.2. The zero-order valence-corrected chi connectivity index (χ0v) is 12.9. The Bertz CT molecular complexity index is 441. The van der Waals surface area contributed by atoms with Crippen LogP contribution < -0.4 is 4.74 Å². The van der Waals surface area contributed by atoms with Crippen molar-refractivity contribution >= 4 is 5.91 Å². The molecule has 2 heterocycles. The van der Waals surface area contributed by atoms with Gasteiger partial charge in [-0.1, -0.05) is 13.3 Å². The van der Waals surface area contributed by atoms with Gasteiger partial charge in [0.2, 0.25) is 5.88 Å². The van der Waals surface area contributed by atoms with Crippen molar-refractivity contribution in [1.29, 1.82) is 0 Å². The molecule has 1 aromatic heterocycles. The van der Waals surface area contributed by atoms with Crippen molar-refractivity contribution in [3.63, 3.8) is 0 Å². The topological polar surface area (TPSA) is 51.7 Å². The number of carbonyl (C=O) groups is 1. The summed E-state index contributed by atoms with van der Waals surface area (Å²) in [6.45, 7) is 4.37. The van der Waals surface area contributed by atoms with Crippen molar-refractivity contribution in [3.8, 4) is 5.88 Å². The zero-order valence-electron chi connectivity index (χ0n) is 12.9. The largest absolute Gasteiger partial charge is 0.474 e. The van der Waals surface area contributed by atoms with Gasteiger partial charge in [0, 0.05) is 38.7 Å². The van der Waals surface area contributed by atoms with Crippen LogP contribution in [-0.4, -0.2) is 48.7 Å². The minimum Gasteiger partial charge on any atom is -0.474 e. The molecule has 0 radical (unpaired) electrons. The normalized spacial score (nSPS) is 15.7. The van der Waals surface area contributed by atoms with E-state index in [0.717, 1.165) is 45.4 Å². The molecule has 0 aromatic carbocycles. The van der Waals surface area contributed by atoms with Gasteiger partial charge in [-0.15, -0.1) is 0 Å². The Hall–Kier alpha value is -1.62. The zero-order chi connectivity index (χ0) is 15.1. The molecule has 0 bridgehead atoms. The average molecular weight is 292 g/mol. The van der Waals surface area contributed by atoms with Crippen LogP contribution in [0.2, 0.25) is 0 Å². The molecule has 0 aliphatic carbocycles. The van der Waals surface area contributed by atoms with Gasteiger partial charge >= 0.3 is 0 Å². The van der Waals surface area contributed by atoms with Crippen LogP contribution in [0.15, 0.2) is 18.3 Å². The number of aromatic nitrogens is 1. The highest BCUT2D eigenvalue weighted by Crippen LogP contribution is 2.16. The van der Waals surface area contributed by atoms with Crippen LogP contribution >= 0.6 is 0 Å². The Balaban J connectivity index is 1.90. The van der Waals surface area contributed by atoms with Gasteiger partial charge < -0.3 is 14.4 Å². The fraction of sp³-hybridized carbons (Fsp3) is 0.625. The molecule has 1 saturated heterocycles. The molecule has 0 unspecified atom stereocenters. The Morgan fingerprint density at radius 2 is 2.19 bits per heavy atom. The summed E-state index contributed by atoms with van der Waals surface area (Å²) >= 11 is 0. The van der Waals surface area contributed by atoms with Gasteiger partial charge in [0.1, 0.15) is 6.10 Å². The molecule has 0 spiro atoms. The number of pyridine rings is 1. The summed E-state index contributed by atoms with van der Waals surface area (Å²) in [4.78, 5) is 18.2. The van der Waals surface area contributed by atoms with Gasteiger partial charge in [-0.3, -0.25) is 4.79 Å². The molecular weight excluding hydrogens is 268 g/mol. The maximum Gasteiger partial charge on any atom is 0.255 e.